The first kappa shape index (κ1) is 15.0. The Kier molecular flexibility index (Phi) is 4.67. The maximum atomic E-state index is 6.06. The van der Waals surface area contributed by atoms with Crippen LogP contribution in [0, 0.1) is 11.8 Å². The van der Waals surface area contributed by atoms with Crippen molar-refractivity contribution in [3.05, 3.63) is 16.1 Å². The zero-order valence-electron chi connectivity index (χ0n) is 12.8. The summed E-state index contributed by atoms with van der Waals surface area (Å²) in [6.45, 7) is 9.80. The standard InChI is InChI=1S/C16H28N2S/c1-11-5-7-12(8-6-11)13(9-17)15-18-14(10-19-15)16(2,3)4/h10-13H,5-9,17H2,1-4H3. The molecule has 0 aromatic carbocycles. The van der Waals surface area contributed by atoms with E-state index in [1.54, 1.807) is 0 Å². The van der Waals surface area contributed by atoms with Crippen LogP contribution in [0.5, 0.6) is 0 Å². The molecule has 0 aliphatic heterocycles. The maximum absolute atomic E-state index is 6.06. The van der Waals surface area contributed by atoms with E-state index in [2.05, 4.69) is 33.1 Å². The van der Waals surface area contributed by atoms with Crippen molar-refractivity contribution in [1.82, 2.24) is 4.98 Å². The Labute approximate surface area is 121 Å². The molecule has 2 rings (SSSR count). The molecule has 1 unspecified atom stereocenters. The van der Waals surface area contributed by atoms with Crippen LogP contribution in [0.2, 0.25) is 0 Å². The molecule has 0 spiro atoms. The van der Waals surface area contributed by atoms with Gasteiger partial charge in [0.1, 0.15) is 0 Å². The summed E-state index contributed by atoms with van der Waals surface area (Å²) < 4.78 is 0. The zero-order valence-corrected chi connectivity index (χ0v) is 13.6. The van der Waals surface area contributed by atoms with Gasteiger partial charge in [0, 0.05) is 23.3 Å². The van der Waals surface area contributed by atoms with Gasteiger partial charge in [0.15, 0.2) is 0 Å². The van der Waals surface area contributed by atoms with Crippen molar-refractivity contribution >= 4 is 11.3 Å². The van der Waals surface area contributed by atoms with Crippen molar-refractivity contribution in [2.45, 2.75) is 64.7 Å². The molecule has 108 valence electrons. The molecular weight excluding hydrogens is 252 g/mol. The Balaban J connectivity index is 2.11. The third-order valence-electron chi connectivity index (χ3n) is 4.49. The van der Waals surface area contributed by atoms with Gasteiger partial charge in [-0.25, -0.2) is 4.98 Å². The fraction of sp³-hybridized carbons (Fsp3) is 0.812. The van der Waals surface area contributed by atoms with E-state index < -0.39 is 0 Å². The zero-order chi connectivity index (χ0) is 14.0. The second-order valence-corrected chi connectivity index (χ2v) is 8.07. The second-order valence-electron chi connectivity index (χ2n) is 7.18. The number of hydrogen-bond donors (Lipinski definition) is 1. The van der Waals surface area contributed by atoms with Crippen LogP contribution in [-0.2, 0) is 5.41 Å². The molecule has 0 bridgehead atoms. The van der Waals surface area contributed by atoms with Crippen molar-refractivity contribution in [2.75, 3.05) is 6.54 Å². The topological polar surface area (TPSA) is 38.9 Å². The van der Waals surface area contributed by atoms with Crippen LogP contribution in [0.15, 0.2) is 5.38 Å². The summed E-state index contributed by atoms with van der Waals surface area (Å²) in [6.07, 6.45) is 5.37. The number of hydrogen-bond acceptors (Lipinski definition) is 3. The van der Waals surface area contributed by atoms with Crippen molar-refractivity contribution < 1.29 is 0 Å². The molecule has 1 heterocycles. The van der Waals surface area contributed by atoms with E-state index in [0.29, 0.717) is 5.92 Å². The van der Waals surface area contributed by atoms with Gasteiger partial charge in [0.25, 0.3) is 0 Å². The van der Waals surface area contributed by atoms with E-state index in [-0.39, 0.29) is 5.41 Å². The molecule has 3 heteroatoms. The van der Waals surface area contributed by atoms with Crippen LogP contribution >= 0.6 is 11.3 Å². The first-order chi connectivity index (χ1) is 8.91. The third-order valence-corrected chi connectivity index (χ3v) is 5.47. The fourth-order valence-electron chi connectivity index (χ4n) is 2.99. The molecule has 1 aromatic heterocycles. The van der Waals surface area contributed by atoms with Gasteiger partial charge < -0.3 is 5.73 Å². The minimum Gasteiger partial charge on any atom is -0.330 e. The van der Waals surface area contributed by atoms with E-state index in [1.807, 2.05) is 11.3 Å². The Bertz CT molecular complexity index is 397. The summed E-state index contributed by atoms with van der Waals surface area (Å²) in [4.78, 5) is 4.89. The molecule has 0 saturated heterocycles. The Morgan fingerprint density at radius 1 is 1.32 bits per heavy atom. The Morgan fingerprint density at radius 2 is 1.95 bits per heavy atom. The first-order valence-electron chi connectivity index (χ1n) is 7.57. The van der Waals surface area contributed by atoms with Gasteiger partial charge in [0.05, 0.1) is 10.7 Å². The summed E-state index contributed by atoms with van der Waals surface area (Å²) in [7, 11) is 0. The van der Waals surface area contributed by atoms with Crippen LogP contribution < -0.4 is 5.73 Å². The van der Waals surface area contributed by atoms with Gasteiger partial charge in [-0.2, -0.15) is 0 Å². The minimum atomic E-state index is 0.148. The number of nitrogens with zero attached hydrogens (tertiary/aromatic N) is 1. The highest BCUT2D eigenvalue weighted by Gasteiger charge is 2.29. The molecule has 0 radical (unpaired) electrons. The smallest absolute Gasteiger partial charge is 0.0974 e. The minimum absolute atomic E-state index is 0.148. The molecule has 2 nitrogen and oxygen atoms in total. The summed E-state index contributed by atoms with van der Waals surface area (Å²) in [5.74, 6) is 2.13. The van der Waals surface area contributed by atoms with Crippen molar-refractivity contribution in [3.63, 3.8) is 0 Å². The van der Waals surface area contributed by atoms with Crippen LogP contribution in [0.4, 0.5) is 0 Å². The summed E-state index contributed by atoms with van der Waals surface area (Å²) in [6, 6.07) is 0. The molecule has 1 aliphatic rings. The predicted molar refractivity (Wildman–Crippen MR) is 83.7 cm³/mol. The number of rotatable bonds is 3. The third kappa shape index (κ3) is 3.57. The maximum Gasteiger partial charge on any atom is 0.0974 e. The normalized spacial score (nSPS) is 26.4. The summed E-state index contributed by atoms with van der Waals surface area (Å²) in [5, 5.41) is 3.50. The monoisotopic (exact) mass is 280 g/mol. The van der Waals surface area contributed by atoms with Crippen LogP contribution in [0.25, 0.3) is 0 Å². The molecule has 0 amide bonds. The molecule has 1 saturated carbocycles. The van der Waals surface area contributed by atoms with Crippen molar-refractivity contribution in [1.29, 1.82) is 0 Å². The second kappa shape index (κ2) is 5.92. The average molecular weight is 280 g/mol. The highest BCUT2D eigenvalue weighted by atomic mass is 32.1. The van der Waals surface area contributed by atoms with Crippen LogP contribution in [0.3, 0.4) is 0 Å². The lowest BCUT2D eigenvalue weighted by Gasteiger charge is -2.31. The number of nitrogens with two attached hydrogens (primary N) is 1. The highest BCUT2D eigenvalue weighted by molar-refractivity contribution is 7.09. The van der Waals surface area contributed by atoms with E-state index in [0.717, 1.165) is 18.4 Å². The Hall–Kier alpha value is -0.410. The van der Waals surface area contributed by atoms with Gasteiger partial charge in [0.2, 0.25) is 0 Å². The largest absolute Gasteiger partial charge is 0.330 e. The SMILES string of the molecule is CC1CCC(C(CN)c2nc(C(C)(C)C)cs2)CC1. The molecule has 1 aromatic rings. The lowest BCUT2D eigenvalue weighted by atomic mass is 9.76. The highest BCUT2D eigenvalue weighted by Crippen LogP contribution is 2.39. The molecular formula is C16H28N2S. The molecule has 1 atom stereocenters. The quantitative estimate of drug-likeness (QED) is 0.896. The van der Waals surface area contributed by atoms with E-state index in [1.165, 1.54) is 36.4 Å². The lowest BCUT2D eigenvalue weighted by Crippen LogP contribution is -2.25. The molecule has 1 aliphatic carbocycles. The van der Waals surface area contributed by atoms with Gasteiger partial charge in [-0.3, -0.25) is 0 Å². The molecule has 19 heavy (non-hydrogen) atoms. The van der Waals surface area contributed by atoms with Gasteiger partial charge in [-0.05, 0) is 24.7 Å². The van der Waals surface area contributed by atoms with E-state index in [4.69, 9.17) is 10.7 Å². The Morgan fingerprint density at radius 3 is 2.42 bits per heavy atom. The molecule has 1 fully saturated rings. The van der Waals surface area contributed by atoms with Crippen molar-refractivity contribution in [3.8, 4) is 0 Å². The van der Waals surface area contributed by atoms with Crippen LogP contribution in [0.1, 0.15) is 70.0 Å². The van der Waals surface area contributed by atoms with Crippen molar-refractivity contribution in [2.24, 2.45) is 17.6 Å². The lowest BCUT2D eigenvalue weighted by molar-refractivity contribution is 0.255. The van der Waals surface area contributed by atoms with Crippen LogP contribution in [-0.4, -0.2) is 11.5 Å². The summed E-state index contributed by atoms with van der Waals surface area (Å²) in [5.41, 5.74) is 7.42. The number of aromatic nitrogens is 1. The van der Waals surface area contributed by atoms with Gasteiger partial charge in [-0.1, -0.05) is 40.5 Å². The number of thiazole rings is 1. The van der Waals surface area contributed by atoms with Gasteiger partial charge in [-0.15, -0.1) is 11.3 Å². The fourth-order valence-corrected chi connectivity index (χ4v) is 4.24. The van der Waals surface area contributed by atoms with Gasteiger partial charge >= 0.3 is 0 Å². The molecule has 2 N–H and O–H groups in total. The average Bonchev–Trinajstić information content (AvgIpc) is 2.82. The van der Waals surface area contributed by atoms with E-state index in [9.17, 15) is 0 Å². The first-order valence-corrected chi connectivity index (χ1v) is 8.45. The van der Waals surface area contributed by atoms with E-state index >= 15 is 0 Å². The summed E-state index contributed by atoms with van der Waals surface area (Å²) >= 11 is 1.81. The predicted octanol–water partition coefficient (Wildman–Crippen LogP) is 4.31.